The molecule has 0 aliphatic heterocycles. The summed E-state index contributed by atoms with van der Waals surface area (Å²) >= 11 is 0. The predicted molar refractivity (Wildman–Crippen MR) is 56.4 cm³/mol. The molecular weight excluding hydrogens is 178 g/mol. The van der Waals surface area contributed by atoms with Crippen LogP contribution in [-0.2, 0) is 4.79 Å². The summed E-state index contributed by atoms with van der Waals surface area (Å²) in [6, 6.07) is 9.37. The van der Waals surface area contributed by atoms with E-state index >= 15 is 0 Å². The average Bonchev–Trinajstić information content (AvgIpc) is 2.30. The van der Waals surface area contributed by atoms with Crippen molar-refractivity contribution in [1.29, 1.82) is 0 Å². The number of carbonyl (C=O) groups excluding carboxylic acids is 2. The van der Waals surface area contributed by atoms with Crippen LogP contribution in [0.15, 0.2) is 30.3 Å². The summed E-state index contributed by atoms with van der Waals surface area (Å²) in [5.41, 5.74) is 0.799. The first-order valence-electron chi connectivity index (χ1n) is 4.36. The summed E-state index contributed by atoms with van der Waals surface area (Å²) in [6.45, 7) is 2.74. The Kier molecular flexibility index (Phi) is 7.27. The van der Waals surface area contributed by atoms with Crippen molar-refractivity contribution in [3.8, 4) is 0 Å². The van der Waals surface area contributed by atoms with Crippen LogP contribution in [0.5, 0.6) is 0 Å². The third-order valence-electron chi connectivity index (χ3n) is 1.70. The van der Waals surface area contributed by atoms with Crippen molar-refractivity contribution in [2.24, 2.45) is 0 Å². The Morgan fingerprint density at radius 3 is 2.36 bits per heavy atom. The molecule has 0 aromatic heterocycles. The first kappa shape index (κ1) is 12.5. The van der Waals surface area contributed by atoms with E-state index in [4.69, 9.17) is 4.79 Å². The maximum atomic E-state index is 11.4. The molecule has 76 valence electrons. The molecule has 0 fully saturated rings. The maximum absolute atomic E-state index is 11.4. The third kappa shape index (κ3) is 4.52. The smallest absolute Gasteiger partial charge is 0.164 e. The predicted octanol–water partition coefficient (Wildman–Crippen LogP) is 1.29. The largest absolute Gasteiger partial charge is 0.319 e. The lowest BCUT2D eigenvalue weighted by Gasteiger charge is -1.98. The minimum atomic E-state index is 0.199. The number of ketones is 1. The number of rotatable bonds is 4. The molecule has 0 atom stereocenters. The second-order valence-corrected chi connectivity index (χ2v) is 2.64. The third-order valence-corrected chi connectivity index (χ3v) is 1.70. The zero-order valence-corrected chi connectivity index (χ0v) is 8.32. The summed E-state index contributed by atoms with van der Waals surface area (Å²) < 4.78 is 0. The molecule has 0 spiro atoms. The molecule has 0 saturated heterocycles. The van der Waals surface area contributed by atoms with E-state index < -0.39 is 0 Å². The van der Waals surface area contributed by atoms with Gasteiger partial charge in [-0.2, -0.15) is 0 Å². The molecule has 3 nitrogen and oxygen atoms in total. The minimum Gasteiger partial charge on any atom is -0.319 e. The van der Waals surface area contributed by atoms with Gasteiger partial charge in [0, 0.05) is 18.5 Å². The van der Waals surface area contributed by atoms with E-state index in [9.17, 15) is 4.79 Å². The highest BCUT2D eigenvalue weighted by Crippen LogP contribution is 2.01. The fourth-order valence-electron chi connectivity index (χ4n) is 1.01. The number of nitrogens with one attached hydrogen (secondary N) is 1. The van der Waals surface area contributed by atoms with Gasteiger partial charge in [-0.3, -0.25) is 4.79 Å². The van der Waals surface area contributed by atoms with Crippen LogP contribution in [0.4, 0.5) is 0 Å². The molecule has 0 saturated carbocycles. The summed E-state index contributed by atoms with van der Waals surface area (Å²) in [5, 5.41) is 2.95. The van der Waals surface area contributed by atoms with Crippen LogP contribution in [-0.4, -0.2) is 26.2 Å². The highest BCUT2D eigenvalue weighted by atomic mass is 16.1. The Morgan fingerprint density at radius 1 is 1.29 bits per heavy atom. The molecule has 0 aliphatic carbocycles. The Hall–Kier alpha value is -1.48. The van der Waals surface area contributed by atoms with Gasteiger partial charge in [0.1, 0.15) is 6.79 Å². The number of Topliss-reactive ketones (excluding diaryl/α,β-unsaturated/α-hetero) is 1. The van der Waals surface area contributed by atoms with Crippen LogP contribution < -0.4 is 5.32 Å². The van der Waals surface area contributed by atoms with Gasteiger partial charge in [-0.1, -0.05) is 30.3 Å². The molecular formula is C11H15NO2. The van der Waals surface area contributed by atoms with Gasteiger partial charge in [0.2, 0.25) is 0 Å². The molecule has 1 N–H and O–H groups in total. The summed E-state index contributed by atoms with van der Waals surface area (Å²) in [7, 11) is 1.85. The topological polar surface area (TPSA) is 46.2 Å². The Balaban J connectivity index is 0.000000791. The van der Waals surface area contributed by atoms with Crippen LogP contribution >= 0.6 is 0 Å². The van der Waals surface area contributed by atoms with E-state index in [1.54, 1.807) is 0 Å². The average molecular weight is 193 g/mol. The number of benzene rings is 1. The van der Waals surface area contributed by atoms with Crippen LogP contribution in [0.2, 0.25) is 0 Å². The second-order valence-electron chi connectivity index (χ2n) is 2.64. The van der Waals surface area contributed by atoms with Crippen molar-refractivity contribution in [3.05, 3.63) is 35.9 Å². The highest BCUT2D eigenvalue weighted by Gasteiger charge is 2.02. The zero-order valence-electron chi connectivity index (χ0n) is 8.32. The van der Waals surface area contributed by atoms with E-state index in [0.717, 1.165) is 12.1 Å². The molecule has 0 aliphatic rings. The SMILES string of the molecule is C=O.CNCCC(=O)c1ccccc1. The van der Waals surface area contributed by atoms with Crippen LogP contribution in [0, 0.1) is 0 Å². The van der Waals surface area contributed by atoms with Gasteiger partial charge in [-0.15, -0.1) is 0 Å². The normalized spacial score (nSPS) is 8.64. The van der Waals surface area contributed by atoms with E-state index in [2.05, 4.69) is 5.32 Å². The van der Waals surface area contributed by atoms with Crippen LogP contribution in [0.25, 0.3) is 0 Å². The lowest BCUT2D eigenvalue weighted by molar-refractivity contribution is -0.0979. The van der Waals surface area contributed by atoms with Crippen molar-refractivity contribution in [1.82, 2.24) is 5.32 Å². The van der Waals surface area contributed by atoms with E-state index in [0.29, 0.717) is 6.42 Å². The lowest BCUT2D eigenvalue weighted by Crippen LogP contribution is -2.12. The summed E-state index contributed by atoms with van der Waals surface area (Å²) in [5.74, 6) is 0.199. The monoisotopic (exact) mass is 193 g/mol. The lowest BCUT2D eigenvalue weighted by atomic mass is 10.1. The van der Waals surface area contributed by atoms with Gasteiger partial charge in [0.15, 0.2) is 5.78 Å². The Labute approximate surface area is 84.1 Å². The van der Waals surface area contributed by atoms with Crippen molar-refractivity contribution in [2.45, 2.75) is 6.42 Å². The molecule has 0 heterocycles. The Bertz CT molecular complexity index is 259. The van der Waals surface area contributed by atoms with Gasteiger partial charge in [-0.25, -0.2) is 0 Å². The quantitative estimate of drug-likeness (QED) is 0.733. The fraction of sp³-hybridized carbons (Fsp3) is 0.273. The van der Waals surface area contributed by atoms with Gasteiger partial charge >= 0.3 is 0 Å². The van der Waals surface area contributed by atoms with Gasteiger partial charge in [0.25, 0.3) is 0 Å². The van der Waals surface area contributed by atoms with Crippen molar-refractivity contribution in [3.63, 3.8) is 0 Å². The first-order chi connectivity index (χ1) is 6.84. The van der Waals surface area contributed by atoms with Gasteiger partial charge < -0.3 is 10.1 Å². The van der Waals surface area contributed by atoms with Gasteiger partial charge in [0.05, 0.1) is 0 Å². The van der Waals surface area contributed by atoms with Crippen molar-refractivity contribution < 1.29 is 9.59 Å². The summed E-state index contributed by atoms with van der Waals surface area (Å²) in [4.78, 5) is 19.4. The molecule has 0 amide bonds. The maximum Gasteiger partial charge on any atom is 0.164 e. The van der Waals surface area contributed by atoms with E-state index in [-0.39, 0.29) is 5.78 Å². The molecule has 1 aromatic rings. The minimum absolute atomic E-state index is 0.199. The van der Waals surface area contributed by atoms with Gasteiger partial charge in [-0.05, 0) is 7.05 Å². The molecule has 1 aromatic carbocycles. The molecule has 3 heteroatoms. The second kappa shape index (κ2) is 8.13. The standard InChI is InChI=1S/C10H13NO.CH2O/c1-11-8-7-10(12)9-5-3-2-4-6-9;1-2/h2-6,11H,7-8H2,1H3;1H2. The molecule has 14 heavy (non-hydrogen) atoms. The van der Waals surface area contributed by atoms with E-state index in [1.807, 2.05) is 44.2 Å². The number of hydrogen-bond donors (Lipinski definition) is 1. The zero-order chi connectivity index (χ0) is 10.8. The molecule has 0 unspecified atom stereocenters. The highest BCUT2D eigenvalue weighted by molar-refractivity contribution is 5.96. The number of hydrogen-bond acceptors (Lipinski definition) is 3. The Morgan fingerprint density at radius 2 is 1.86 bits per heavy atom. The molecule has 1 rings (SSSR count). The van der Waals surface area contributed by atoms with Crippen molar-refractivity contribution in [2.75, 3.05) is 13.6 Å². The fourth-order valence-corrected chi connectivity index (χ4v) is 1.01. The first-order valence-corrected chi connectivity index (χ1v) is 4.36. The van der Waals surface area contributed by atoms with Crippen molar-refractivity contribution >= 4 is 12.6 Å². The summed E-state index contributed by atoms with van der Waals surface area (Å²) in [6.07, 6.45) is 0.570. The molecule has 0 radical (unpaired) electrons. The van der Waals surface area contributed by atoms with Crippen LogP contribution in [0.1, 0.15) is 16.8 Å². The van der Waals surface area contributed by atoms with E-state index in [1.165, 1.54) is 0 Å². The van der Waals surface area contributed by atoms with Crippen LogP contribution in [0.3, 0.4) is 0 Å². The number of carbonyl (C=O) groups is 2. The molecule has 0 bridgehead atoms.